The van der Waals surface area contributed by atoms with Gasteiger partial charge in [-0.3, -0.25) is 14.4 Å². The second-order valence-corrected chi connectivity index (χ2v) is 18.4. The van der Waals surface area contributed by atoms with E-state index in [1.54, 1.807) is 0 Å². The van der Waals surface area contributed by atoms with E-state index in [4.69, 9.17) is 14.2 Å². The van der Waals surface area contributed by atoms with E-state index in [1.165, 1.54) is 44.9 Å². The molecule has 0 rings (SSSR count). The van der Waals surface area contributed by atoms with Crippen molar-refractivity contribution in [1.82, 2.24) is 0 Å². The predicted octanol–water partition coefficient (Wildman–Crippen LogP) is 19.8. The number of hydrogen-bond donors (Lipinski definition) is 0. The first-order chi connectivity index (χ1) is 36.0. The zero-order valence-electron chi connectivity index (χ0n) is 46.6. The van der Waals surface area contributed by atoms with Gasteiger partial charge in [0.15, 0.2) is 6.10 Å². The number of carbonyl (C=O) groups is 3. The van der Waals surface area contributed by atoms with Crippen LogP contribution in [-0.4, -0.2) is 37.2 Å². The summed E-state index contributed by atoms with van der Waals surface area (Å²) in [4.78, 5) is 38.2. The molecular formula is C67H104O6. The average molecular weight is 1010 g/mol. The van der Waals surface area contributed by atoms with E-state index in [0.717, 1.165) is 135 Å². The van der Waals surface area contributed by atoms with Gasteiger partial charge in [0.1, 0.15) is 13.2 Å². The Bertz CT molecular complexity index is 1670. The molecule has 0 spiro atoms. The minimum absolute atomic E-state index is 0.129. The summed E-state index contributed by atoms with van der Waals surface area (Å²) in [5.74, 6) is -1.06. The molecule has 0 heterocycles. The second-order valence-electron chi connectivity index (χ2n) is 18.4. The first-order valence-corrected chi connectivity index (χ1v) is 29.0. The summed E-state index contributed by atoms with van der Waals surface area (Å²) < 4.78 is 16.8. The molecule has 0 amide bonds. The molecule has 73 heavy (non-hydrogen) atoms. The second kappa shape index (κ2) is 59.6. The molecule has 408 valence electrons. The average Bonchev–Trinajstić information content (AvgIpc) is 3.39. The lowest BCUT2D eigenvalue weighted by Gasteiger charge is -2.18. The molecule has 0 aromatic rings. The van der Waals surface area contributed by atoms with E-state index in [0.29, 0.717) is 12.8 Å². The Morgan fingerprint density at radius 2 is 0.562 bits per heavy atom. The molecular weight excluding hydrogens is 901 g/mol. The van der Waals surface area contributed by atoms with E-state index >= 15 is 0 Å². The predicted molar refractivity (Wildman–Crippen MR) is 315 cm³/mol. The van der Waals surface area contributed by atoms with E-state index in [1.807, 2.05) is 12.2 Å². The number of ether oxygens (including phenoxy) is 3. The van der Waals surface area contributed by atoms with Crippen LogP contribution in [0.4, 0.5) is 0 Å². The van der Waals surface area contributed by atoms with Crippen LogP contribution in [0.2, 0.25) is 0 Å². The summed E-state index contributed by atoms with van der Waals surface area (Å²) in [6.07, 6.45) is 86.7. The van der Waals surface area contributed by atoms with Gasteiger partial charge in [-0.05, 0) is 135 Å². The molecule has 0 aromatic heterocycles. The third-order valence-electron chi connectivity index (χ3n) is 11.5. The highest BCUT2D eigenvalue weighted by Crippen LogP contribution is 2.13. The Morgan fingerprint density at radius 1 is 0.288 bits per heavy atom. The van der Waals surface area contributed by atoms with Crippen molar-refractivity contribution in [3.05, 3.63) is 158 Å². The molecule has 0 saturated carbocycles. The Hall–Kier alpha value is -4.97. The van der Waals surface area contributed by atoms with Gasteiger partial charge < -0.3 is 14.2 Å². The van der Waals surface area contributed by atoms with Crippen LogP contribution in [0, 0.1) is 0 Å². The molecule has 0 aromatic carbocycles. The van der Waals surface area contributed by atoms with Crippen LogP contribution in [0.1, 0.15) is 226 Å². The van der Waals surface area contributed by atoms with Gasteiger partial charge in [0, 0.05) is 19.3 Å². The Morgan fingerprint density at radius 3 is 0.932 bits per heavy atom. The molecule has 0 saturated heterocycles. The van der Waals surface area contributed by atoms with Crippen molar-refractivity contribution in [2.24, 2.45) is 0 Å². The van der Waals surface area contributed by atoms with Crippen molar-refractivity contribution < 1.29 is 28.6 Å². The number of unbranched alkanes of at least 4 members (excludes halogenated alkanes) is 13. The molecule has 0 radical (unpaired) electrons. The van der Waals surface area contributed by atoms with Crippen LogP contribution in [-0.2, 0) is 28.6 Å². The maximum Gasteiger partial charge on any atom is 0.306 e. The van der Waals surface area contributed by atoms with E-state index in [-0.39, 0.29) is 44.0 Å². The first-order valence-electron chi connectivity index (χ1n) is 29.0. The van der Waals surface area contributed by atoms with E-state index < -0.39 is 6.10 Å². The van der Waals surface area contributed by atoms with Crippen molar-refractivity contribution in [2.75, 3.05) is 13.2 Å². The standard InChI is InChI=1S/C67H104O6/c1-4-7-10-13-16-19-22-25-28-31-33-36-38-41-44-47-50-53-56-59-65(68)71-62-64(73-67(70)61-58-55-52-49-46-43-40-35-30-27-24-21-18-15-12-9-6-3)63-72-66(69)60-57-54-51-48-45-42-39-37-34-32-29-26-23-20-17-14-11-8-5-2/h7-8,10-11,16-21,25-30,33-34,36-37,41-42,44-45,50,53,64H,4-6,9,12-15,22-24,31-32,35,38-40,43,46-49,51-52,54-63H2,1-3H3/b10-7-,11-8-,19-16-,20-17-,21-18-,28-25-,29-26-,30-27-,36-33-,37-34-,44-41-,45-42-,53-50-/t64-/m1/s1. The highest BCUT2D eigenvalue weighted by Gasteiger charge is 2.19. The molecule has 6 heteroatoms. The van der Waals surface area contributed by atoms with Crippen molar-refractivity contribution in [3.8, 4) is 0 Å². The largest absolute Gasteiger partial charge is 0.462 e. The van der Waals surface area contributed by atoms with Crippen LogP contribution < -0.4 is 0 Å². The zero-order chi connectivity index (χ0) is 52.9. The van der Waals surface area contributed by atoms with Crippen LogP contribution in [0.25, 0.3) is 0 Å². The summed E-state index contributed by atoms with van der Waals surface area (Å²) >= 11 is 0. The number of hydrogen-bond acceptors (Lipinski definition) is 6. The fourth-order valence-electron chi connectivity index (χ4n) is 7.23. The summed E-state index contributed by atoms with van der Waals surface area (Å²) in [6, 6.07) is 0. The van der Waals surface area contributed by atoms with Gasteiger partial charge in [-0.25, -0.2) is 0 Å². The molecule has 0 N–H and O–H groups in total. The monoisotopic (exact) mass is 1000 g/mol. The molecule has 0 aliphatic rings. The molecule has 0 fully saturated rings. The summed E-state index contributed by atoms with van der Waals surface area (Å²) in [7, 11) is 0. The van der Waals surface area contributed by atoms with Gasteiger partial charge in [-0.15, -0.1) is 0 Å². The van der Waals surface area contributed by atoms with Crippen molar-refractivity contribution >= 4 is 17.9 Å². The lowest BCUT2D eigenvalue weighted by molar-refractivity contribution is -0.166. The van der Waals surface area contributed by atoms with Gasteiger partial charge in [0.05, 0.1) is 0 Å². The topological polar surface area (TPSA) is 78.9 Å². The third kappa shape index (κ3) is 57.8. The van der Waals surface area contributed by atoms with Crippen molar-refractivity contribution in [2.45, 2.75) is 232 Å². The minimum atomic E-state index is -0.836. The Kier molecular flexibility index (Phi) is 55.5. The quantitative estimate of drug-likeness (QED) is 0.0261. The molecule has 0 aliphatic heterocycles. The summed E-state index contributed by atoms with van der Waals surface area (Å²) in [6.45, 7) is 6.27. The first kappa shape index (κ1) is 68.0. The molecule has 0 aliphatic carbocycles. The van der Waals surface area contributed by atoms with Gasteiger partial charge in [-0.2, -0.15) is 0 Å². The van der Waals surface area contributed by atoms with Crippen LogP contribution >= 0.6 is 0 Å². The maximum absolute atomic E-state index is 12.9. The minimum Gasteiger partial charge on any atom is -0.462 e. The van der Waals surface area contributed by atoms with E-state index in [2.05, 4.69) is 167 Å². The lowest BCUT2D eigenvalue weighted by atomic mass is 10.1. The van der Waals surface area contributed by atoms with Gasteiger partial charge in [0.25, 0.3) is 0 Å². The summed E-state index contributed by atoms with van der Waals surface area (Å²) in [5.41, 5.74) is 0. The fraction of sp³-hybridized carbons (Fsp3) is 0.567. The molecule has 6 nitrogen and oxygen atoms in total. The lowest BCUT2D eigenvalue weighted by Crippen LogP contribution is -2.30. The van der Waals surface area contributed by atoms with E-state index in [9.17, 15) is 14.4 Å². The zero-order valence-corrected chi connectivity index (χ0v) is 46.6. The Labute approximate surface area is 448 Å². The number of allylic oxidation sites excluding steroid dienone is 26. The normalized spacial score (nSPS) is 13.3. The molecule has 1 atom stereocenters. The van der Waals surface area contributed by atoms with Gasteiger partial charge >= 0.3 is 17.9 Å². The number of rotatable bonds is 50. The maximum atomic E-state index is 12.9. The highest BCUT2D eigenvalue weighted by molar-refractivity contribution is 5.71. The van der Waals surface area contributed by atoms with Crippen molar-refractivity contribution in [3.63, 3.8) is 0 Å². The SMILES string of the molecule is CC/C=C\C/C=C\C/C=C\C/C=C\C/C=C\C/C=C\CCC(=O)OC[C@H](COC(=O)CCCCC/C=C\C/C=C\C/C=C\C/C=C\C/C=C\CC)OC(=O)CCCCCCCCC/C=C\C/C=C\CCCCC. The number of esters is 3. The van der Waals surface area contributed by atoms with Crippen LogP contribution in [0.5, 0.6) is 0 Å². The summed E-state index contributed by atoms with van der Waals surface area (Å²) in [5, 5.41) is 0. The van der Waals surface area contributed by atoms with Crippen molar-refractivity contribution in [1.29, 1.82) is 0 Å². The van der Waals surface area contributed by atoms with Crippen LogP contribution in [0.15, 0.2) is 158 Å². The fourth-order valence-corrected chi connectivity index (χ4v) is 7.23. The van der Waals surface area contributed by atoms with Crippen LogP contribution in [0.3, 0.4) is 0 Å². The molecule has 0 unspecified atom stereocenters. The third-order valence-corrected chi connectivity index (χ3v) is 11.5. The highest BCUT2D eigenvalue weighted by atomic mass is 16.6. The number of carbonyl (C=O) groups excluding carboxylic acids is 3. The van der Waals surface area contributed by atoms with Gasteiger partial charge in [0.2, 0.25) is 0 Å². The Balaban J connectivity index is 4.61. The smallest absolute Gasteiger partial charge is 0.306 e. The van der Waals surface area contributed by atoms with Gasteiger partial charge in [-0.1, -0.05) is 230 Å². The molecule has 0 bridgehead atoms.